The highest BCUT2D eigenvalue weighted by atomic mass is 79.9. The number of primary amides is 1. The summed E-state index contributed by atoms with van der Waals surface area (Å²) >= 11 is 3.39. The van der Waals surface area contributed by atoms with E-state index in [9.17, 15) is 4.79 Å². The molecule has 0 aromatic heterocycles. The Bertz CT molecular complexity index is 377. The molecule has 3 nitrogen and oxygen atoms in total. The number of hydrogen-bond acceptors (Lipinski definition) is 2. The van der Waals surface area contributed by atoms with Crippen molar-refractivity contribution < 1.29 is 4.79 Å². The van der Waals surface area contributed by atoms with E-state index in [0.29, 0.717) is 5.92 Å². The summed E-state index contributed by atoms with van der Waals surface area (Å²) in [6.07, 6.45) is 2.18. The molecule has 1 aromatic rings. The Labute approximate surface area is 97.2 Å². The number of halogens is 1. The minimum atomic E-state index is -0.266. The first-order valence-electron chi connectivity index (χ1n) is 4.98. The first-order valence-corrected chi connectivity index (χ1v) is 5.77. The zero-order chi connectivity index (χ0) is 10.8. The van der Waals surface area contributed by atoms with Crippen molar-refractivity contribution in [2.45, 2.75) is 18.9 Å². The molecule has 2 rings (SSSR count). The number of rotatable bonds is 4. The van der Waals surface area contributed by atoms with Crippen LogP contribution in [-0.4, -0.2) is 11.9 Å². The number of carbonyl (C=O) groups excluding carboxylic acids is 1. The van der Waals surface area contributed by atoms with E-state index in [2.05, 4.69) is 21.2 Å². The largest absolute Gasteiger partial charge is 0.373 e. The van der Waals surface area contributed by atoms with Crippen molar-refractivity contribution in [2.24, 2.45) is 11.7 Å². The van der Waals surface area contributed by atoms with Gasteiger partial charge in [0.15, 0.2) is 0 Å². The van der Waals surface area contributed by atoms with Crippen molar-refractivity contribution in [1.29, 1.82) is 0 Å². The summed E-state index contributed by atoms with van der Waals surface area (Å²) in [6.45, 7) is 0. The standard InChI is InChI=1S/C11H13BrN2O/c12-8-2-1-3-9(6-8)14-10(11(13)15)7-4-5-7/h1-3,6-7,10,14H,4-5H2,(H2,13,15). The number of hydrogen-bond donors (Lipinski definition) is 2. The van der Waals surface area contributed by atoms with E-state index in [-0.39, 0.29) is 11.9 Å². The highest BCUT2D eigenvalue weighted by Crippen LogP contribution is 2.34. The Morgan fingerprint density at radius 1 is 1.53 bits per heavy atom. The molecule has 1 fully saturated rings. The first kappa shape index (κ1) is 10.5. The van der Waals surface area contributed by atoms with E-state index in [1.54, 1.807) is 0 Å². The van der Waals surface area contributed by atoms with Gasteiger partial charge in [-0.1, -0.05) is 22.0 Å². The summed E-state index contributed by atoms with van der Waals surface area (Å²) in [7, 11) is 0. The van der Waals surface area contributed by atoms with Gasteiger partial charge in [-0.15, -0.1) is 0 Å². The molecular formula is C11H13BrN2O. The maximum atomic E-state index is 11.2. The SMILES string of the molecule is NC(=O)C(Nc1cccc(Br)c1)C1CC1. The zero-order valence-electron chi connectivity index (χ0n) is 8.24. The lowest BCUT2D eigenvalue weighted by molar-refractivity contribution is -0.119. The van der Waals surface area contributed by atoms with Gasteiger partial charge >= 0.3 is 0 Å². The molecule has 0 saturated heterocycles. The van der Waals surface area contributed by atoms with E-state index in [1.807, 2.05) is 24.3 Å². The molecule has 0 radical (unpaired) electrons. The molecule has 1 aliphatic carbocycles. The molecule has 1 saturated carbocycles. The van der Waals surface area contributed by atoms with Crippen molar-refractivity contribution in [2.75, 3.05) is 5.32 Å². The predicted molar refractivity (Wildman–Crippen MR) is 63.5 cm³/mol. The second-order valence-electron chi connectivity index (χ2n) is 3.87. The van der Waals surface area contributed by atoms with Gasteiger partial charge in [0.1, 0.15) is 6.04 Å². The minimum Gasteiger partial charge on any atom is -0.373 e. The van der Waals surface area contributed by atoms with Crippen molar-refractivity contribution in [3.63, 3.8) is 0 Å². The summed E-state index contributed by atoms with van der Waals surface area (Å²) in [5, 5.41) is 3.18. The summed E-state index contributed by atoms with van der Waals surface area (Å²) in [4.78, 5) is 11.2. The van der Waals surface area contributed by atoms with Gasteiger partial charge in [-0.2, -0.15) is 0 Å². The van der Waals surface area contributed by atoms with E-state index in [1.165, 1.54) is 0 Å². The van der Waals surface area contributed by atoms with E-state index >= 15 is 0 Å². The lowest BCUT2D eigenvalue weighted by atomic mass is 10.1. The zero-order valence-corrected chi connectivity index (χ0v) is 9.83. The van der Waals surface area contributed by atoms with Crippen LogP contribution in [0.2, 0.25) is 0 Å². The van der Waals surface area contributed by atoms with Crippen LogP contribution in [0.5, 0.6) is 0 Å². The van der Waals surface area contributed by atoms with E-state index < -0.39 is 0 Å². The molecule has 0 bridgehead atoms. The van der Waals surface area contributed by atoms with Crippen LogP contribution in [0.25, 0.3) is 0 Å². The molecule has 0 spiro atoms. The fourth-order valence-electron chi connectivity index (χ4n) is 1.61. The Morgan fingerprint density at radius 2 is 2.27 bits per heavy atom. The Hall–Kier alpha value is -1.03. The van der Waals surface area contributed by atoms with Crippen LogP contribution in [0.15, 0.2) is 28.7 Å². The highest BCUT2D eigenvalue weighted by Gasteiger charge is 2.34. The molecule has 1 amide bonds. The van der Waals surface area contributed by atoms with Gasteiger partial charge in [0.25, 0.3) is 0 Å². The molecule has 0 heterocycles. The van der Waals surface area contributed by atoms with Crippen molar-refractivity contribution >= 4 is 27.5 Å². The average Bonchev–Trinajstić information content (AvgIpc) is 2.97. The third kappa shape index (κ3) is 2.72. The normalized spacial score (nSPS) is 17.1. The number of nitrogens with one attached hydrogen (secondary N) is 1. The van der Waals surface area contributed by atoms with Crippen LogP contribution in [-0.2, 0) is 4.79 Å². The summed E-state index contributed by atoms with van der Waals surface area (Å²) < 4.78 is 0.992. The third-order valence-electron chi connectivity index (χ3n) is 2.55. The molecule has 4 heteroatoms. The van der Waals surface area contributed by atoms with Crippen LogP contribution in [0.4, 0.5) is 5.69 Å². The lowest BCUT2D eigenvalue weighted by Gasteiger charge is -2.15. The molecular weight excluding hydrogens is 256 g/mol. The number of nitrogens with two attached hydrogens (primary N) is 1. The Kier molecular flexibility index (Phi) is 2.95. The second kappa shape index (κ2) is 4.23. The lowest BCUT2D eigenvalue weighted by Crippen LogP contribution is -2.37. The molecule has 1 atom stereocenters. The van der Waals surface area contributed by atoms with Crippen molar-refractivity contribution in [3.05, 3.63) is 28.7 Å². The van der Waals surface area contributed by atoms with Crippen LogP contribution in [0, 0.1) is 5.92 Å². The summed E-state index contributed by atoms with van der Waals surface area (Å²) in [5.74, 6) is 0.152. The monoisotopic (exact) mass is 268 g/mol. The molecule has 1 aliphatic rings. The number of carbonyl (C=O) groups is 1. The maximum Gasteiger partial charge on any atom is 0.240 e. The third-order valence-corrected chi connectivity index (χ3v) is 3.04. The fourth-order valence-corrected chi connectivity index (χ4v) is 2.01. The van der Waals surface area contributed by atoms with Gasteiger partial charge in [-0.25, -0.2) is 0 Å². The van der Waals surface area contributed by atoms with Gasteiger partial charge in [-0.3, -0.25) is 4.79 Å². The van der Waals surface area contributed by atoms with Crippen LogP contribution in [0.1, 0.15) is 12.8 Å². The van der Waals surface area contributed by atoms with Gasteiger partial charge in [0, 0.05) is 10.2 Å². The quantitative estimate of drug-likeness (QED) is 0.879. The number of amides is 1. The molecule has 15 heavy (non-hydrogen) atoms. The molecule has 1 aromatic carbocycles. The first-order chi connectivity index (χ1) is 7.16. The second-order valence-corrected chi connectivity index (χ2v) is 4.79. The average molecular weight is 269 g/mol. The minimum absolute atomic E-state index is 0.223. The molecule has 0 aliphatic heterocycles. The molecule has 1 unspecified atom stereocenters. The van der Waals surface area contributed by atoms with Gasteiger partial charge in [-0.05, 0) is 37.0 Å². The van der Waals surface area contributed by atoms with Crippen LogP contribution < -0.4 is 11.1 Å². The van der Waals surface area contributed by atoms with Crippen LogP contribution in [0.3, 0.4) is 0 Å². The van der Waals surface area contributed by atoms with Gasteiger partial charge in [0.05, 0.1) is 0 Å². The molecule has 3 N–H and O–H groups in total. The Morgan fingerprint density at radius 3 is 2.80 bits per heavy atom. The highest BCUT2D eigenvalue weighted by molar-refractivity contribution is 9.10. The van der Waals surface area contributed by atoms with E-state index in [4.69, 9.17) is 5.73 Å². The maximum absolute atomic E-state index is 11.2. The number of anilines is 1. The Balaban J connectivity index is 2.08. The molecule has 80 valence electrons. The van der Waals surface area contributed by atoms with Gasteiger partial charge in [0.2, 0.25) is 5.91 Å². The topological polar surface area (TPSA) is 55.1 Å². The fraction of sp³-hybridized carbons (Fsp3) is 0.364. The number of benzene rings is 1. The smallest absolute Gasteiger partial charge is 0.240 e. The predicted octanol–water partition coefficient (Wildman–Crippen LogP) is 2.12. The summed E-state index contributed by atoms with van der Waals surface area (Å²) in [6, 6.07) is 7.53. The summed E-state index contributed by atoms with van der Waals surface area (Å²) in [5.41, 5.74) is 6.28. The van der Waals surface area contributed by atoms with Crippen LogP contribution >= 0.6 is 15.9 Å². The van der Waals surface area contributed by atoms with E-state index in [0.717, 1.165) is 23.0 Å². The van der Waals surface area contributed by atoms with Crippen molar-refractivity contribution in [1.82, 2.24) is 0 Å². The van der Waals surface area contributed by atoms with Gasteiger partial charge < -0.3 is 11.1 Å². The van der Waals surface area contributed by atoms with Crippen molar-refractivity contribution in [3.8, 4) is 0 Å².